The number of nitriles is 1. The van der Waals surface area contributed by atoms with Gasteiger partial charge in [0, 0.05) is 6.07 Å². The summed E-state index contributed by atoms with van der Waals surface area (Å²) < 4.78 is 15.1. The van der Waals surface area contributed by atoms with Gasteiger partial charge in [-0.05, 0) is 31.2 Å². The molecule has 1 aromatic heterocycles. The van der Waals surface area contributed by atoms with E-state index < -0.39 is 5.97 Å². The number of aromatic nitrogens is 1. The van der Waals surface area contributed by atoms with E-state index in [0.29, 0.717) is 17.0 Å². The molecule has 0 aliphatic heterocycles. The van der Waals surface area contributed by atoms with E-state index in [1.165, 1.54) is 6.07 Å². The van der Waals surface area contributed by atoms with Crippen molar-refractivity contribution in [2.24, 2.45) is 0 Å². The van der Waals surface area contributed by atoms with E-state index >= 15 is 0 Å². The van der Waals surface area contributed by atoms with Crippen LogP contribution in [0, 0.1) is 18.3 Å². The molecular formula is C14H12N2O4. The summed E-state index contributed by atoms with van der Waals surface area (Å²) in [7, 11) is 0. The number of rotatable bonds is 5. The molecule has 0 radical (unpaired) electrons. The van der Waals surface area contributed by atoms with Crippen LogP contribution >= 0.6 is 0 Å². The lowest BCUT2D eigenvalue weighted by atomic mass is 10.2. The van der Waals surface area contributed by atoms with Crippen molar-refractivity contribution in [1.29, 1.82) is 5.26 Å². The third kappa shape index (κ3) is 3.59. The normalized spacial score (nSPS) is 9.80. The molecule has 6 nitrogen and oxygen atoms in total. The third-order valence-electron chi connectivity index (χ3n) is 2.40. The minimum atomic E-state index is -0.575. The summed E-state index contributed by atoms with van der Waals surface area (Å²) in [4.78, 5) is 11.5. The average molecular weight is 272 g/mol. The number of nitrogens with zero attached hydrogens (tertiary/aromatic N) is 2. The fraction of sp³-hybridized carbons (Fsp3) is 0.214. The predicted octanol–water partition coefficient (Wildman–Crippen LogP) is 2.09. The Morgan fingerprint density at radius 2 is 2.10 bits per heavy atom. The molecule has 102 valence electrons. The molecule has 0 amide bonds. The van der Waals surface area contributed by atoms with Gasteiger partial charge >= 0.3 is 5.97 Å². The first-order valence-corrected chi connectivity index (χ1v) is 5.92. The van der Waals surface area contributed by atoms with Crippen LogP contribution in [0.2, 0.25) is 0 Å². The first-order chi connectivity index (χ1) is 9.69. The number of hydrogen-bond donors (Lipinski definition) is 0. The van der Waals surface area contributed by atoms with E-state index in [9.17, 15) is 4.79 Å². The first-order valence-electron chi connectivity index (χ1n) is 5.92. The van der Waals surface area contributed by atoms with Gasteiger partial charge in [0.1, 0.15) is 19.0 Å². The number of carbonyl (C=O) groups is 1. The number of ether oxygens (including phenoxy) is 2. The molecule has 0 spiro atoms. The average Bonchev–Trinajstić information content (AvgIpc) is 2.91. The Morgan fingerprint density at radius 3 is 2.70 bits per heavy atom. The number of hydrogen-bond acceptors (Lipinski definition) is 6. The predicted molar refractivity (Wildman–Crippen MR) is 68.2 cm³/mol. The van der Waals surface area contributed by atoms with Gasteiger partial charge < -0.3 is 14.0 Å². The monoisotopic (exact) mass is 272 g/mol. The van der Waals surface area contributed by atoms with Crippen LogP contribution in [-0.4, -0.2) is 24.3 Å². The molecule has 20 heavy (non-hydrogen) atoms. The Morgan fingerprint density at radius 1 is 1.35 bits per heavy atom. The van der Waals surface area contributed by atoms with Gasteiger partial charge in [-0.15, -0.1) is 0 Å². The van der Waals surface area contributed by atoms with E-state index in [1.807, 2.05) is 6.07 Å². The maximum absolute atomic E-state index is 11.5. The molecule has 0 aliphatic rings. The van der Waals surface area contributed by atoms with Crippen molar-refractivity contribution in [2.75, 3.05) is 13.2 Å². The molecule has 0 aliphatic carbocycles. The zero-order chi connectivity index (χ0) is 14.4. The number of esters is 1. The Kier molecular flexibility index (Phi) is 4.35. The van der Waals surface area contributed by atoms with Gasteiger partial charge in [0.25, 0.3) is 0 Å². The summed E-state index contributed by atoms with van der Waals surface area (Å²) in [5.74, 6) is 0.102. The number of carbonyl (C=O) groups excluding carboxylic acids is 1. The summed E-state index contributed by atoms with van der Waals surface area (Å²) in [5.41, 5.74) is 1.18. The zero-order valence-corrected chi connectivity index (χ0v) is 10.8. The lowest BCUT2D eigenvalue weighted by Crippen LogP contribution is -2.11. The quantitative estimate of drug-likeness (QED) is 0.612. The summed E-state index contributed by atoms with van der Waals surface area (Å²) in [6, 6.07) is 10.2. The maximum atomic E-state index is 11.5. The van der Waals surface area contributed by atoms with Crippen LogP contribution in [0.3, 0.4) is 0 Å². The van der Waals surface area contributed by atoms with Crippen molar-refractivity contribution in [1.82, 2.24) is 5.16 Å². The molecule has 0 atom stereocenters. The van der Waals surface area contributed by atoms with Gasteiger partial charge in [-0.3, -0.25) is 0 Å². The number of benzene rings is 1. The van der Waals surface area contributed by atoms with Crippen molar-refractivity contribution in [3.8, 4) is 11.8 Å². The highest BCUT2D eigenvalue weighted by atomic mass is 16.6. The second kappa shape index (κ2) is 6.38. The second-order valence-corrected chi connectivity index (χ2v) is 3.95. The van der Waals surface area contributed by atoms with Gasteiger partial charge in [0.05, 0.1) is 17.3 Å². The van der Waals surface area contributed by atoms with Gasteiger partial charge in [-0.2, -0.15) is 5.26 Å². The summed E-state index contributed by atoms with van der Waals surface area (Å²) in [6.45, 7) is 2.03. The van der Waals surface area contributed by atoms with E-state index in [4.69, 9.17) is 19.3 Å². The molecule has 0 unspecified atom stereocenters. The van der Waals surface area contributed by atoms with Gasteiger partial charge in [0.15, 0.2) is 0 Å². The molecule has 6 heteroatoms. The largest absolute Gasteiger partial charge is 0.490 e. The number of aryl methyl sites for hydroxylation is 1. The van der Waals surface area contributed by atoms with E-state index in [0.717, 1.165) is 0 Å². The topological polar surface area (TPSA) is 85.4 Å². The van der Waals surface area contributed by atoms with Crippen LogP contribution in [0.15, 0.2) is 34.9 Å². The summed E-state index contributed by atoms with van der Waals surface area (Å²) >= 11 is 0. The minimum absolute atomic E-state index is 0.0703. The lowest BCUT2D eigenvalue weighted by Gasteiger charge is -2.06. The fourth-order valence-corrected chi connectivity index (χ4v) is 1.45. The highest BCUT2D eigenvalue weighted by molar-refractivity contribution is 5.86. The van der Waals surface area contributed by atoms with E-state index in [2.05, 4.69) is 5.16 Å². The Bertz CT molecular complexity index is 625. The van der Waals surface area contributed by atoms with Gasteiger partial charge in [-0.1, -0.05) is 5.16 Å². The van der Waals surface area contributed by atoms with Crippen molar-refractivity contribution in [2.45, 2.75) is 6.92 Å². The van der Waals surface area contributed by atoms with Crippen LogP contribution < -0.4 is 4.74 Å². The minimum Gasteiger partial charge on any atom is -0.490 e. The van der Waals surface area contributed by atoms with Crippen LogP contribution in [-0.2, 0) is 4.74 Å². The molecule has 2 rings (SSSR count). The molecule has 1 heterocycles. The van der Waals surface area contributed by atoms with Gasteiger partial charge in [-0.25, -0.2) is 4.79 Å². The van der Waals surface area contributed by atoms with Crippen molar-refractivity contribution in [3.63, 3.8) is 0 Å². The summed E-state index contributed by atoms with van der Waals surface area (Å²) in [5, 5.41) is 12.2. The Labute approximate surface area is 115 Å². The van der Waals surface area contributed by atoms with Crippen LogP contribution in [0.4, 0.5) is 0 Å². The standard InChI is InChI=1S/C14H12N2O4/c1-10-8-13(20-16-10)14(17)19-7-6-18-12-4-2-11(9-15)3-5-12/h2-5,8H,6-7H2,1H3. The first kappa shape index (κ1) is 13.6. The molecule has 2 aromatic rings. The molecule has 1 aromatic carbocycles. The highest BCUT2D eigenvalue weighted by Gasteiger charge is 2.12. The van der Waals surface area contributed by atoms with E-state index in [1.54, 1.807) is 31.2 Å². The fourth-order valence-electron chi connectivity index (χ4n) is 1.45. The molecule has 0 saturated heterocycles. The van der Waals surface area contributed by atoms with Crippen LogP contribution in [0.25, 0.3) is 0 Å². The van der Waals surface area contributed by atoms with Gasteiger partial charge in [0.2, 0.25) is 5.76 Å². The SMILES string of the molecule is Cc1cc(C(=O)OCCOc2ccc(C#N)cc2)on1. The molecule has 0 fully saturated rings. The Balaban J connectivity index is 1.73. The summed E-state index contributed by atoms with van der Waals surface area (Å²) in [6.07, 6.45) is 0. The second-order valence-electron chi connectivity index (χ2n) is 3.95. The lowest BCUT2D eigenvalue weighted by molar-refractivity contribution is 0.0405. The smallest absolute Gasteiger partial charge is 0.377 e. The van der Waals surface area contributed by atoms with Crippen LogP contribution in [0.5, 0.6) is 5.75 Å². The van der Waals surface area contributed by atoms with Crippen molar-refractivity contribution < 1.29 is 18.8 Å². The van der Waals surface area contributed by atoms with Crippen LogP contribution in [0.1, 0.15) is 21.8 Å². The Hall–Kier alpha value is -2.81. The molecule has 0 bridgehead atoms. The molecule has 0 saturated carbocycles. The third-order valence-corrected chi connectivity index (χ3v) is 2.40. The molecule has 0 N–H and O–H groups in total. The highest BCUT2D eigenvalue weighted by Crippen LogP contribution is 2.11. The van der Waals surface area contributed by atoms with Crippen molar-refractivity contribution in [3.05, 3.63) is 47.3 Å². The van der Waals surface area contributed by atoms with Crippen molar-refractivity contribution >= 4 is 5.97 Å². The maximum Gasteiger partial charge on any atom is 0.377 e. The molecular weight excluding hydrogens is 260 g/mol. The zero-order valence-electron chi connectivity index (χ0n) is 10.8. The van der Waals surface area contributed by atoms with E-state index in [-0.39, 0.29) is 19.0 Å².